The molecular formula is C18H22N6O8S2. The van der Waals surface area contributed by atoms with Gasteiger partial charge in [0.2, 0.25) is 16.7 Å². The molecule has 1 fully saturated rings. The predicted octanol–water partition coefficient (Wildman–Crippen LogP) is 0.578. The van der Waals surface area contributed by atoms with Crippen molar-refractivity contribution in [1.29, 1.82) is 0 Å². The van der Waals surface area contributed by atoms with Crippen LogP contribution in [0.25, 0.3) is 0 Å². The molecule has 3 heterocycles. The Hall–Kier alpha value is -3.40. The number of methoxy groups -OCH3 is 1. The zero-order valence-electron chi connectivity index (χ0n) is 18.8. The van der Waals surface area contributed by atoms with Gasteiger partial charge in [0, 0.05) is 11.5 Å². The standard InChI is InChI=1S/C18H22N6O8S2/c1-18(2,3)32-17(29)21-16-20-11(23-34-16)8(22-31-5)12(25)19-9-13(26)24-10(15(27)28)7(30-4)6-33-14(9)24/h9,14H,6H2,1-5H3,(H,19,25)(H,27,28)(H,20,21,23,29)/t9-,14-/m1/s1. The number of rotatable bonds is 7. The summed E-state index contributed by atoms with van der Waals surface area (Å²) in [4.78, 5) is 58.9. The maximum absolute atomic E-state index is 12.9. The first-order valence-electron chi connectivity index (χ1n) is 9.68. The van der Waals surface area contributed by atoms with Crippen LogP contribution in [0.15, 0.2) is 16.6 Å². The monoisotopic (exact) mass is 514 g/mol. The largest absolute Gasteiger partial charge is 0.498 e. The SMILES string of the molecule is CON=C(C(=O)N[C@@H]1C(=O)N2C(C(=O)O)=C(OC)CS[C@H]12)c1nsc(NC(=O)OC(C)(C)C)n1. The van der Waals surface area contributed by atoms with Crippen molar-refractivity contribution in [3.63, 3.8) is 0 Å². The van der Waals surface area contributed by atoms with E-state index in [1.165, 1.54) is 26.0 Å². The van der Waals surface area contributed by atoms with Crippen molar-refractivity contribution in [3.8, 4) is 0 Å². The van der Waals surface area contributed by atoms with Crippen molar-refractivity contribution in [2.75, 3.05) is 25.3 Å². The van der Waals surface area contributed by atoms with Gasteiger partial charge in [0.1, 0.15) is 29.9 Å². The second-order valence-electron chi connectivity index (χ2n) is 7.81. The van der Waals surface area contributed by atoms with Gasteiger partial charge < -0.3 is 24.7 Å². The Morgan fingerprint density at radius 1 is 1.26 bits per heavy atom. The highest BCUT2D eigenvalue weighted by Crippen LogP contribution is 2.40. The Bertz CT molecular complexity index is 1080. The highest BCUT2D eigenvalue weighted by atomic mass is 32.2. The number of nitrogens with zero attached hydrogens (tertiary/aromatic N) is 4. The number of carboxylic acid groups (broad SMARTS) is 1. The number of anilines is 1. The third-order valence-corrected chi connectivity index (χ3v) is 6.20. The lowest BCUT2D eigenvalue weighted by atomic mass is 10.0. The minimum atomic E-state index is -1.31. The maximum Gasteiger partial charge on any atom is 0.414 e. The first-order chi connectivity index (χ1) is 16.0. The number of aromatic nitrogens is 2. The minimum Gasteiger partial charge on any atom is -0.498 e. The molecule has 16 heteroatoms. The van der Waals surface area contributed by atoms with E-state index in [1.807, 2.05) is 0 Å². The number of carbonyl (C=O) groups excluding carboxylic acids is 3. The Kier molecular flexibility index (Phi) is 7.30. The molecule has 0 unspecified atom stereocenters. The second-order valence-corrected chi connectivity index (χ2v) is 9.67. The van der Waals surface area contributed by atoms with Gasteiger partial charge in [-0.3, -0.25) is 19.8 Å². The number of hydrogen-bond donors (Lipinski definition) is 3. The normalized spacial score (nSPS) is 20.2. The first kappa shape index (κ1) is 25.2. The molecule has 1 aromatic rings. The van der Waals surface area contributed by atoms with Crippen molar-refractivity contribution in [2.24, 2.45) is 5.16 Å². The van der Waals surface area contributed by atoms with Gasteiger partial charge in [0.05, 0.1) is 12.9 Å². The number of aliphatic carboxylic acids is 1. The summed E-state index contributed by atoms with van der Waals surface area (Å²) < 4.78 is 14.2. The molecule has 0 aliphatic carbocycles. The van der Waals surface area contributed by atoms with Gasteiger partial charge in [-0.05, 0) is 20.8 Å². The van der Waals surface area contributed by atoms with Crippen LogP contribution in [-0.2, 0) is 28.7 Å². The molecule has 3 N–H and O–H groups in total. The number of thioether (sulfide) groups is 1. The number of β-lactam (4-membered cyclic amide) rings is 1. The zero-order valence-corrected chi connectivity index (χ0v) is 20.4. The van der Waals surface area contributed by atoms with Gasteiger partial charge in [-0.1, -0.05) is 5.16 Å². The number of nitrogens with one attached hydrogen (secondary N) is 2. The quantitative estimate of drug-likeness (QED) is 0.263. The molecule has 0 spiro atoms. The van der Waals surface area contributed by atoms with E-state index in [1.54, 1.807) is 20.8 Å². The van der Waals surface area contributed by atoms with E-state index in [0.717, 1.165) is 16.4 Å². The lowest BCUT2D eigenvalue weighted by Gasteiger charge is -2.48. The fraction of sp³-hybridized carbons (Fsp3) is 0.500. The number of hydrogen-bond acceptors (Lipinski definition) is 12. The van der Waals surface area contributed by atoms with E-state index >= 15 is 0 Å². The minimum absolute atomic E-state index is 0.0536. The van der Waals surface area contributed by atoms with E-state index in [0.29, 0.717) is 0 Å². The Labute approximate surface area is 201 Å². The van der Waals surface area contributed by atoms with E-state index in [-0.39, 0.29) is 33.9 Å². The Balaban J connectivity index is 1.72. The summed E-state index contributed by atoms with van der Waals surface area (Å²) >= 11 is 2.02. The van der Waals surface area contributed by atoms with Crippen LogP contribution in [0.3, 0.4) is 0 Å². The molecule has 0 radical (unpaired) electrons. The third kappa shape index (κ3) is 5.22. The van der Waals surface area contributed by atoms with Crippen LogP contribution in [0.5, 0.6) is 0 Å². The van der Waals surface area contributed by atoms with E-state index in [2.05, 4.69) is 25.1 Å². The highest BCUT2D eigenvalue weighted by Gasteiger charge is 2.55. The summed E-state index contributed by atoms with van der Waals surface area (Å²) in [5, 5.41) is 17.4. The number of carboxylic acids is 1. The van der Waals surface area contributed by atoms with Gasteiger partial charge in [-0.2, -0.15) is 9.36 Å². The summed E-state index contributed by atoms with van der Waals surface area (Å²) in [5.74, 6) is -2.52. The number of carbonyl (C=O) groups is 4. The molecule has 2 aliphatic rings. The Morgan fingerprint density at radius 3 is 2.56 bits per heavy atom. The van der Waals surface area contributed by atoms with Crippen molar-refractivity contribution >= 4 is 58.0 Å². The highest BCUT2D eigenvalue weighted by molar-refractivity contribution is 8.00. The number of oxime groups is 1. The van der Waals surface area contributed by atoms with Crippen LogP contribution in [0, 0.1) is 0 Å². The van der Waals surface area contributed by atoms with E-state index in [9.17, 15) is 24.3 Å². The number of ether oxygens (including phenoxy) is 2. The lowest BCUT2D eigenvalue weighted by Crippen LogP contribution is -2.71. The van der Waals surface area contributed by atoms with Gasteiger partial charge in [-0.25, -0.2) is 9.59 Å². The Morgan fingerprint density at radius 2 is 1.97 bits per heavy atom. The molecule has 1 saturated heterocycles. The van der Waals surface area contributed by atoms with Crippen LogP contribution in [0.4, 0.5) is 9.93 Å². The van der Waals surface area contributed by atoms with Gasteiger partial charge >= 0.3 is 12.1 Å². The average Bonchev–Trinajstić information content (AvgIpc) is 3.20. The summed E-state index contributed by atoms with van der Waals surface area (Å²) in [5.41, 5.74) is -1.32. The number of amides is 3. The van der Waals surface area contributed by atoms with Crippen LogP contribution < -0.4 is 10.6 Å². The molecule has 34 heavy (non-hydrogen) atoms. The van der Waals surface area contributed by atoms with Gasteiger partial charge in [-0.15, -0.1) is 11.8 Å². The van der Waals surface area contributed by atoms with Crippen molar-refractivity contribution in [1.82, 2.24) is 19.6 Å². The fourth-order valence-corrected chi connectivity index (χ4v) is 4.86. The maximum atomic E-state index is 12.9. The van der Waals surface area contributed by atoms with Crippen molar-refractivity contribution in [2.45, 2.75) is 37.8 Å². The predicted molar refractivity (Wildman–Crippen MR) is 120 cm³/mol. The first-order valence-corrected chi connectivity index (χ1v) is 11.5. The fourth-order valence-electron chi connectivity index (χ4n) is 2.99. The van der Waals surface area contributed by atoms with Gasteiger partial charge in [0.25, 0.3) is 11.8 Å². The smallest absolute Gasteiger partial charge is 0.414 e. The zero-order chi connectivity index (χ0) is 25.2. The molecule has 2 atom stereocenters. The molecule has 3 amide bonds. The summed E-state index contributed by atoms with van der Waals surface area (Å²) in [6.07, 6.45) is -0.753. The second kappa shape index (κ2) is 9.84. The number of fused-ring (bicyclic) bond motifs is 1. The van der Waals surface area contributed by atoms with Crippen LogP contribution in [-0.4, -0.2) is 85.9 Å². The molecule has 0 bridgehead atoms. The average molecular weight is 515 g/mol. The molecule has 184 valence electrons. The topological polar surface area (TPSA) is 182 Å². The van der Waals surface area contributed by atoms with Crippen LogP contribution >= 0.6 is 23.3 Å². The summed E-state index contributed by atoms with van der Waals surface area (Å²) in [6.45, 7) is 5.10. The molecular weight excluding hydrogens is 492 g/mol. The van der Waals surface area contributed by atoms with E-state index < -0.39 is 40.9 Å². The summed E-state index contributed by atoms with van der Waals surface area (Å²) in [7, 11) is 2.53. The molecule has 0 saturated carbocycles. The van der Waals surface area contributed by atoms with Crippen LogP contribution in [0.2, 0.25) is 0 Å². The van der Waals surface area contributed by atoms with E-state index in [4.69, 9.17) is 14.3 Å². The van der Waals surface area contributed by atoms with Crippen molar-refractivity contribution in [3.05, 3.63) is 17.3 Å². The van der Waals surface area contributed by atoms with Gasteiger partial charge in [0.15, 0.2) is 5.70 Å². The van der Waals surface area contributed by atoms with Crippen LogP contribution in [0.1, 0.15) is 26.6 Å². The molecule has 0 aromatic carbocycles. The molecule has 2 aliphatic heterocycles. The third-order valence-electron chi connectivity index (χ3n) is 4.31. The lowest BCUT2D eigenvalue weighted by molar-refractivity contribution is -0.150. The molecule has 14 nitrogen and oxygen atoms in total. The summed E-state index contributed by atoms with van der Waals surface area (Å²) in [6, 6.07) is -1.01. The van der Waals surface area contributed by atoms with Crippen molar-refractivity contribution < 1.29 is 38.6 Å². The molecule has 1 aromatic heterocycles. The molecule has 3 rings (SSSR count).